The summed E-state index contributed by atoms with van der Waals surface area (Å²) in [7, 11) is -7.03. The zero-order valence-corrected chi connectivity index (χ0v) is 21.9. The van der Waals surface area contributed by atoms with Gasteiger partial charge in [0.25, 0.3) is 0 Å². The molecule has 3 rings (SSSR count). The first-order valence-corrected chi connectivity index (χ1v) is 13.9. The van der Waals surface area contributed by atoms with Crippen LogP contribution >= 0.6 is 0 Å². The van der Waals surface area contributed by atoms with Gasteiger partial charge in [-0.2, -0.15) is 25.9 Å². The van der Waals surface area contributed by atoms with E-state index in [0.29, 0.717) is 17.4 Å². The molecule has 0 aliphatic carbocycles. The Morgan fingerprint density at radius 3 is 2.08 bits per heavy atom. The van der Waals surface area contributed by atoms with Gasteiger partial charge in [-0.3, -0.25) is 0 Å². The average Bonchev–Trinajstić information content (AvgIpc) is 2.83. The number of methoxy groups -OCH3 is 1. The summed E-state index contributed by atoms with van der Waals surface area (Å²) >= 11 is 0. The number of halogens is 3. The van der Waals surface area contributed by atoms with Gasteiger partial charge in [-0.15, -0.1) is 0 Å². The number of benzene rings is 3. The number of hydrogen-bond acceptors (Lipinski definition) is 6. The molecule has 0 fully saturated rings. The Morgan fingerprint density at radius 2 is 1.49 bits per heavy atom. The second kappa shape index (κ2) is 11.1. The quantitative estimate of drug-likeness (QED) is 0.313. The average molecular weight is 558 g/mol. The van der Waals surface area contributed by atoms with Crippen molar-refractivity contribution in [3.63, 3.8) is 0 Å². The zero-order chi connectivity index (χ0) is 27.4. The van der Waals surface area contributed by atoms with Gasteiger partial charge in [-0.25, -0.2) is 8.42 Å². The van der Waals surface area contributed by atoms with Crippen LogP contribution in [0.4, 0.5) is 13.2 Å². The molecule has 3 aromatic carbocycles. The van der Waals surface area contributed by atoms with Crippen molar-refractivity contribution in [1.29, 1.82) is 0 Å². The van der Waals surface area contributed by atoms with Crippen molar-refractivity contribution >= 4 is 20.1 Å². The molecule has 0 aromatic heterocycles. The summed E-state index contributed by atoms with van der Waals surface area (Å²) in [4.78, 5) is -0.593. The van der Waals surface area contributed by atoms with Crippen LogP contribution in [0.1, 0.15) is 25.0 Å². The van der Waals surface area contributed by atoms with Crippen molar-refractivity contribution < 1.29 is 38.9 Å². The summed E-state index contributed by atoms with van der Waals surface area (Å²) in [6.07, 6.45) is -4.72. The van der Waals surface area contributed by atoms with Gasteiger partial charge in [0.15, 0.2) is 0 Å². The maximum Gasteiger partial charge on any atom is 0.416 e. The molecule has 37 heavy (non-hydrogen) atoms. The maximum atomic E-state index is 13.3. The predicted octanol–water partition coefficient (Wildman–Crippen LogP) is 5.33. The summed E-state index contributed by atoms with van der Waals surface area (Å²) in [5.41, 5.74) is -0.700. The zero-order valence-electron chi connectivity index (χ0n) is 20.3. The molecule has 0 heterocycles. The molecule has 0 saturated carbocycles. The summed E-state index contributed by atoms with van der Waals surface area (Å²) in [5, 5.41) is 0. The van der Waals surface area contributed by atoms with E-state index in [9.17, 15) is 30.0 Å². The monoisotopic (exact) mass is 557 g/mol. The van der Waals surface area contributed by atoms with Gasteiger partial charge in [0.05, 0.1) is 17.6 Å². The largest absolute Gasteiger partial charge is 0.497 e. The third-order valence-corrected chi connectivity index (χ3v) is 8.25. The normalized spacial score (nSPS) is 12.6. The number of hydrogen-bond donors (Lipinski definition) is 0. The molecule has 12 heteroatoms. The van der Waals surface area contributed by atoms with Gasteiger partial charge in [0.2, 0.25) is 10.0 Å². The molecule has 0 N–H and O–H groups in total. The highest BCUT2D eigenvalue weighted by molar-refractivity contribution is 7.89. The fourth-order valence-corrected chi connectivity index (χ4v) is 6.02. The smallest absolute Gasteiger partial charge is 0.416 e. The Balaban J connectivity index is 1.87. The molecule has 0 bridgehead atoms. The van der Waals surface area contributed by atoms with Crippen LogP contribution in [0.25, 0.3) is 0 Å². The number of rotatable bonds is 10. The second-order valence-electron chi connectivity index (χ2n) is 8.58. The minimum Gasteiger partial charge on any atom is -0.497 e. The van der Waals surface area contributed by atoms with Crippen molar-refractivity contribution in [3.05, 3.63) is 83.9 Å². The van der Waals surface area contributed by atoms with E-state index in [4.69, 9.17) is 8.92 Å². The van der Waals surface area contributed by atoms with Crippen LogP contribution in [0.3, 0.4) is 0 Å². The number of sulfonamides is 1. The third kappa shape index (κ3) is 7.24. The van der Waals surface area contributed by atoms with Crippen molar-refractivity contribution in [3.8, 4) is 11.5 Å². The lowest BCUT2D eigenvalue weighted by Crippen LogP contribution is -2.33. The van der Waals surface area contributed by atoms with Crippen LogP contribution < -0.4 is 8.92 Å². The van der Waals surface area contributed by atoms with Gasteiger partial charge < -0.3 is 8.92 Å². The molecule has 0 unspecified atom stereocenters. The summed E-state index contributed by atoms with van der Waals surface area (Å²) < 4.78 is 102. The fourth-order valence-electron chi connectivity index (χ4n) is 3.45. The molecule has 0 radical (unpaired) electrons. The van der Waals surface area contributed by atoms with Crippen LogP contribution in [0.5, 0.6) is 11.5 Å². The molecule has 0 atom stereocenters. The molecule has 3 aromatic rings. The highest BCUT2D eigenvalue weighted by atomic mass is 32.2. The van der Waals surface area contributed by atoms with E-state index in [1.54, 1.807) is 6.07 Å². The van der Waals surface area contributed by atoms with E-state index < -0.39 is 36.8 Å². The predicted molar refractivity (Wildman–Crippen MR) is 131 cm³/mol. The van der Waals surface area contributed by atoms with E-state index in [0.717, 1.165) is 18.2 Å². The Morgan fingerprint density at radius 1 is 0.838 bits per heavy atom. The Bertz CT molecular complexity index is 1440. The molecule has 0 saturated heterocycles. The number of ether oxygens (including phenoxy) is 1. The lowest BCUT2D eigenvalue weighted by molar-refractivity contribution is -0.137. The van der Waals surface area contributed by atoms with Crippen molar-refractivity contribution in [1.82, 2.24) is 4.31 Å². The summed E-state index contributed by atoms with van der Waals surface area (Å²) in [5.74, 6) is 0.316. The molecule has 200 valence electrons. The van der Waals surface area contributed by atoms with E-state index >= 15 is 0 Å². The Labute approximate surface area is 214 Å². The van der Waals surface area contributed by atoms with Crippen LogP contribution in [0.2, 0.25) is 0 Å². The van der Waals surface area contributed by atoms with E-state index in [1.807, 2.05) is 13.8 Å². The van der Waals surface area contributed by atoms with Crippen LogP contribution in [-0.2, 0) is 32.9 Å². The molecule has 0 spiro atoms. The minimum absolute atomic E-state index is 0.0197. The highest BCUT2D eigenvalue weighted by Gasteiger charge is 2.32. The molecule has 7 nitrogen and oxygen atoms in total. The standard InChI is InChI=1S/C25H26F3NO6S2/c1-18(2)16-29(36(30,31)23-12-10-21(34-3)11-13-23)17-19-6-4-8-22(14-19)35-37(32,33)24-9-5-7-20(15-24)25(26,27)28/h4-15,18H,16-17H2,1-3H3. The molecular weight excluding hydrogens is 531 g/mol. The topological polar surface area (TPSA) is 90.0 Å². The lowest BCUT2D eigenvalue weighted by Gasteiger charge is -2.24. The van der Waals surface area contributed by atoms with Gasteiger partial charge >= 0.3 is 16.3 Å². The Kier molecular flexibility index (Phi) is 8.56. The fraction of sp³-hybridized carbons (Fsp3) is 0.280. The minimum atomic E-state index is -4.72. The second-order valence-corrected chi connectivity index (χ2v) is 12.1. The van der Waals surface area contributed by atoms with Crippen molar-refractivity contribution in [2.75, 3.05) is 13.7 Å². The van der Waals surface area contributed by atoms with Crippen LogP contribution in [-0.4, -0.2) is 34.8 Å². The van der Waals surface area contributed by atoms with Crippen molar-refractivity contribution in [2.45, 2.75) is 36.4 Å². The Hall–Kier alpha value is -3.09. The van der Waals surface area contributed by atoms with Gasteiger partial charge in [-0.1, -0.05) is 32.0 Å². The lowest BCUT2D eigenvalue weighted by atomic mass is 10.2. The first kappa shape index (κ1) is 28.5. The van der Waals surface area contributed by atoms with E-state index in [1.165, 1.54) is 53.9 Å². The molecular formula is C25H26F3NO6S2. The third-order valence-electron chi connectivity index (χ3n) is 5.18. The summed E-state index contributed by atoms with van der Waals surface area (Å²) in [6.45, 7) is 3.81. The van der Waals surface area contributed by atoms with E-state index in [2.05, 4.69) is 0 Å². The van der Waals surface area contributed by atoms with Gasteiger partial charge in [0.1, 0.15) is 16.4 Å². The van der Waals surface area contributed by atoms with Gasteiger partial charge in [-0.05, 0) is 66.1 Å². The SMILES string of the molecule is COc1ccc(S(=O)(=O)N(Cc2cccc(OS(=O)(=O)c3cccc(C(F)(F)F)c3)c2)CC(C)C)cc1. The summed E-state index contributed by atoms with van der Waals surface area (Å²) in [6, 6.07) is 14.9. The first-order chi connectivity index (χ1) is 17.2. The maximum absolute atomic E-state index is 13.3. The van der Waals surface area contributed by atoms with Crippen LogP contribution in [0.15, 0.2) is 82.6 Å². The van der Waals surface area contributed by atoms with Gasteiger partial charge in [0, 0.05) is 13.1 Å². The highest BCUT2D eigenvalue weighted by Crippen LogP contribution is 2.31. The number of nitrogens with zero attached hydrogens (tertiary/aromatic N) is 1. The first-order valence-electron chi connectivity index (χ1n) is 11.1. The molecule has 0 aliphatic heterocycles. The number of alkyl halides is 3. The van der Waals surface area contributed by atoms with Crippen molar-refractivity contribution in [2.24, 2.45) is 5.92 Å². The van der Waals surface area contributed by atoms with Crippen LogP contribution in [0, 0.1) is 5.92 Å². The molecule has 0 amide bonds. The molecule has 0 aliphatic rings. The van der Waals surface area contributed by atoms with E-state index in [-0.39, 0.29) is 29.7 Å².